The number of thiophene rings is 1. The molecule has 1 heterocycles. The summed E-state index contributed by atoms with van der Waals surface area (Å²) in [6.07, 6.45) is 3.67. The van der Waals surface area contributed by atoms with E-state index in [1.165, 1.54) is 33.3 Å². The van der Waals surface area contributed by atoms with E-state index < -0.39 is 0 Å². The van der Waals surface area contributed by atoms with Gasteiger partial charge in [0.25, 0.3) is 0 Å². The molecule has 1 unspecified atom stereocenters. The molecule has 1 nitrogen and oxygen atoms in total. The zero-order valence-corrected chi connectivity index (χ0v) is 13.5. The minimum atomic E-state index is 0.413. The van der Waals surface area contributed by atoms with E-state index in [1.807, 2.05) is 23.5 Å². The van der Waals surface area contributed by atoms with E-state index in [0.717, 1.165) is 10.7 Å². The molecule has 0 saturated carbocycles. The van der Waals surface area contributed by atoms with Crippen molar-refractivity contribution in [2.75, 3.05) is 5.32 Å². The van der Waals surface area contributed by atoms with Crippen molar-refractivity contribution in [3.63, 3.8) is 0 Å². The van der Waals surface area contributed by atoms with Crippen LogP contribution in [0.15, 0.2) is 29.6 Å². The second kappa shape index (κ2) is 5.39. The molecule has 0 saturated heterocycles. The number of hydrogen-bond acceptors (Lipinski definition) is 2. The highest BCUT2D eigenvalue weighted by atomic mass is 127. The summed E-state index contributed by atoms with van der Waals surface area (Å²) < 4.78 is 1.21. The van der Waals surface area contributed by atoms with Crippen LogP contribution in [-0.2, 0) is 6.42 Å². The lowest BCUT2D eigenvalue weighted by atomic mass is 9.94. The molecular weight excluding hydrogens is 377 g/mol. The number of nitrogens with one attached hydrogen (secondary N) is 1. The Hall–Kier alpha value is -0.260. The SMILES string of the molecule is Clc1ccc(I)cc1NC1CCCc2sccc21. The molecule has 0 bridgehead atoms. The summed E-state index contributed by atoms with van der Waals surface area (Å²) >= 11 is 10.4. The Morgan fingerprint density at radius 3 is 3.11 bits per heavy atom. The molecule has 0 spiro atoms. The Morgan fingerprint density at radius 2 is 2.22 bits per heavy atom. The molecule has 1 aromatic carbocycles. The van der Waals surface area contributed by atoms with E-state index in [4.69, 9.17) is 11.6 Å². The first-order valence-corrected chi connectivity index (χ1v) is 8.35. The Balaban J connectivity index is 1.88. The Labute approximate surface area is 130 Å². The van der Waals surface area contributed by atoms with Gasteiger partial charge in [0.15, 0.2) is 0 Å². The molecule has 1 aromatic heterocycles. The van der Waals surface area contributed by atoms with Gasteiger partial charge < -0.3 is 5.32 Å². The summed E-state index contributed by atoms with van der Waals surface area (Å²) in [6, 6.07) is 8.77. The summed E-state index contributed by atoms with van der Waals surface area (Å²) in [5, 5.41) is 6.60. The number of aryl methyl sites for hydroxylation is 1. The number of fused-ring (bicyclic) bond motifs is 1. The Kier molecular flexibility index (Phi) is 3.82. The van der Waals surface area contributed by atoms with E-state index in [9.17, 15) is 0 Å². The molecule has 0 aliphatic heterocycles. The number of hydrogen-bond donors (Lipinski definition) is 1. The predicted octanol–water partition coefficient (Wildman–Crippen LogP) is 5.50. The van der Waals surface area contributed by atoms with Crippen molar-refractivity contribution < 1.29 is 0 Å². The van der Waals surface area contributed by atoms with Crippen LogP contribution in [0.2, 0.25) is 5.02 Å². The Bertz CT molecular complexity index is 567. The van der Waals surface area contributed by atoms with Crippen LogP contribution in [0.5, 0.6) is 0 Å². The summed E-state index contributed by atoms with van der Waals surface area (Å²) in [6.45, 7) is 0. The van der Waals surface area contributed by atoms with Gasteiger partial charge in [-0.15, -0.1) is 11.3 Å². The highest BCUT2D eigenvalue weighted by Gasteiger charge is 2.21. The maximum absolute atomic E-state index is 6.25. The monoisotopic (exact) mass is 389 g/mol. The van der Waals surface area contributed by atoms with Crippen LogP contribution < -0.4 is 5.32 Å². The minimum Gasteiger partial charge on any atom is -0.377 e. The molecule has 1 aliphatic rings. The molecule has 2 aromatic rings. The number of anilines is 1. The summed E-state index contributed by atoms with van der Waals surface area (Å²) in [4.78, 5) is 1.53. The van der Waals surface area contributed by atoms with Gasteiger partial charge in [0.05, 0.1) is 16.8 Å². The van der Waals surface area contributed by atoms with Crippen molar-refractivity contribution in [1.29, 1.82) is 0 Å². The summed E-state index contributed by atoms with van der Waals surface area (Å²) in [7, 11) is 0. The second-order valence-electron chi connectivity index (χ2n) is 4.51. The van der Waals surface area contributed by atoms with Crippen molar-refractivity contribution in [3.05, 3.63) is 48.7 Å². The van der Waals surface area contributed by atoms with E-state index in [1.54, 1.807) is 0 Å². The lowest BCUT2D eigenvalue weighted by molar-refractivity contribution is 0.609. The van der Waals surface area contributed by atoms with Crippen LogP contribution in [0.1, 0.15) is 29.3 Å². The second-order valence-corrected chi connectivity index (χ2v) is 7.17. The zero-order valence-electron chi connectivity index (χ0n) is 9.75. The summed E-state index contributed by atoms with van der Waals surface area (Å²) in [5.74, 6) is 0. The first kappa shape index (κ1) is 12.8. The molecular formula is C14H13ClINS. The highest BCUT2D eigenvalue weighted by Crippen LogP contribution is 2.37. The molecule has 3 rings (SSSR count). The maximum atomic E-state index is 6.25. The third-order valence-electron chi connectivity index (χ3n) is 3.31. The van der Waals surface area contributed by atoms with E-state index in [2.05, 4.69) is 45.4 Å². The van der Waals surface area contributed by atoms with Crippen LogP contribution >= 0.6 is 45.5 Å². The van der Waals surface area contributed by atoms with Crippen molar-refractivity contribution >= 4 is 51.2 Å². The molecule has 18 heavy (non-hydrogen) atoms. The zero-order chi connectivity index (χ0) is 12.5. The van der Waals surface area contributed by atoms with E-state index >= 15 is 0 Å². The molecule has 4 heteroatoms. The molecule has 1 atom stereocenters. The van der Waals surface area contributed by atoms with Crippen LogP contribution in [0.4, 0.5) is 5.69 Å². The first-order chi connectivity index (χ1) is 8.74. The molecule has 94 valence electrons. The summed E-state index contributed by atoms with van der Waals surface area (Å²) in [5.41, 5.74) is 2.51. The molecule has 0 amide bonds. The molecule has 0 fully saturated rings. The van der Waals surface area contributed by atoms with Crippen molar-refractivity contribution in [2.24, 2.45) is 0 Å². The van der Waals surface area contributed by atoms with Gasteiger partial charge in [-0.2, -0.15) is 0 Å². The van der Waals surface area contributed by atoms with E-state index in [-0.39, 0.29) is 0 Å². The van der Waals surface area contributed by atoms with Gasteiger partial charge in [-0.05, 0) is 77.1 Å². The molecule has 1 aliphatic carbocycles. The van der Waals surface area contributed by atoms with Crippen LogP contribution in [0.25, 0.3) is 0 Å². The third-order valence-corrected chi connectivity index (χ3v) is 5.31. The lowest BCUT2D eigenvalue weighted by Gasteiger charge is -2.25. The van der Waals surface area contributed by atoms with Crippen LogP contribution in [0.3, 0.4) is 0 Å². The minimum absolute atomic E-state index is 0.413. The number of rotatable bonds is 2. The average molecular weight is 390 g/mol. The van der Waals surface area contributed by atoms with Gasteiger partial charge >= 0.3 is 0 Å². The smallest absolute Gasteiger partial charge is 0.0638 e. The standard InChI is InChI=1S/C14H13ClINS/c15-11-5-4-9(16)8-13(11)17-12-2-1-3-14-10(12)6-7-18-14/h4-8,12,17H,1-3H2. The highest BCUT2D eigenvalue weighted by molar-refractivity contribution is 14.1. The van der Waals surface area contributed by atoms with Crippen LogP contribution in [-0.4, -0.2) is 0 Å². The third kappa shape index (κ3) is 2.53. The van der Waals surface area contributed by atoms with Gasteiger partial charge in [0.1, 0.15) is 0 Å². The normalized spacial score (nSPS) is 18.4. The number of benzene rings is 1. The van der Waals surface area contributed by atoms with Gasteiger partial charge in [-0.25, -0.2) is 0 Å². The van der Waals surface area contributed by atoms with Crippen molar-refractivity contribution in [3.8, 4) is 0 Å². The van der Waals surface area contributed by atoms with Gasteiger partial charge in [0, 0.05) is 8.45 Å². The van der Waals surface area contributed by atoms with Crippen molar-refractivity contribution in [2.45, 2.75) is 25.3 Å². The predicted molar refractivity (Wildman–Crippen MR) is 87.8 cm³/mol. The Morgan fingerprint density at radius 1 is 1.33 bits per heavy atom. The molecule has 0 radical (unpaired) electrons. The lowest BCUT2D eigenvalue weighted by Crippen LogP contribution is -2.15. The first-order valence-electron chi connectivity index (χ1n) is 6.02. The average Bonchev–Trinajstić information content (AvgIpc) is 2.83. The van der Waals surface area contributed by atoms with Crippen molar-refractivity contribution in [1.82, 2.24) is 0 Å². The van der Waals surface area contributed by atoms with E-state index in [0.29, 0.717) is 6.04 Å². The van der Waals surface area contributed by atoms with Gasteiger partial charge in [-0.1, -0.05) is 11.6 Å². The topological polar surface area (TPSA) is 12.0 Å². The number of halogens is 2. The fourth-order valence-corrected chi connectivity index (χ4v) is 4.08. The largest absolute Gasteiger partial charge is 0.377 e. The maximum Gasteiger partial charge on any atom is 0.0638 e. The fourth-order valence-electron chi connectivity index (χ4n) is 2.43. The van der Waals surface area contributed by atoms with Crippen LogP contribution in [0, 0.1) is 3.57 Å². The molecule has 1 N–H and O–H groups in total. The van der Waals surface area contributed by atoms with Gasteiger partial charge in [0.2, 0.25) is 0 Å². The van der Waals surface area contributed by atoms with Gasteiger partial charge in [-0.3, -0.25) is 0 Å². The fraction of sp³-hybridized carbons (Fsp3) is 0.286. The quantitative estimate of drug-likeness (QED) is 0.669.